The molecule has 0 radical (unpaired) electrons. The molecule has 3 heterocycles. The van der Waals surface area contributed by atoms with Gasteiger partial charge < -0.3 is 14.9 Å². The fourth-order valence-corrected chi connectivity index (χ4v) is 4.32. The third-order valence-electron chi connectivity index (χ3n) is 5.68. The van der Waals surface area contributed by atoms with Crippen molar-refractivity contribution in [2.45, 2.75) is 38.6 Å². The smallest absolute Gasteiger partial charge is 0.155 e. The van der Waals surface area contributed by atoms with Crippen LogP contribution < -0.4 is 4.90 Å². The molecule has 4 rings (SSSR count). The Balaban J connectivity index is 1.72. The first-order valence-electron chi connectivity index (χ1n) is 9.35. The highest BCUT2D eigenvalue weighted by Gasteiger charge is 2.30. The summed E-state index contributed by atoms with van der Waals surface area (Å²) in [5.41, 5.74) is 3.42. The van der Waals surface area contributed by atoms with Gasteiger partial charge in [0, 0.05) is 36.3 Å². The highest BCUT2D eigenvalue weighted by molar-refractivity contribution is 5.72. The van der Waals surface area contributed by atoms with Crippen molar-refractivity contribution in [2.75, 3.05) is 31.6 Å². The number of halogens is 1. The maximum Gasteiger partial charge on any atom is 0.155 e. The summed E-state index contributed by atoms with van der Waals surface area (Å²) in [5, 5.41) is 19.1. The third kappa shape index (κ3) is 3.03. The van der Waals surface area contributed by atoms with E-state index in [-0.39, 0.29) is 5.75 Å². The van der Waals surface area contributed by atoms with Crippen molar-refractivity contribution in [3.05, 3.63) is 35.1 Å². The number of rotatable bonds is 2. The van der Waals surface area contributed by atoms with Gasteiger partial charge in [0.15, 0.2) is 5.82 Å². The molecule has 1 fully saturated rings. The van der Waals surface area contributed by atoms with Crippen molar-refractivity contribution in [3.63, 3.8) is 0 Å². The first kappa shape index (κ1) is 17.2. The number of benzene rings is 1. The Kier molecular flexibility index (Phi) is 4.53. The standard InChI is InChI=1S/C20H25FN4O/c1-13-16-6-4-10-25(15-5-3-9-24(2)12-15)20(16)23-22-19(13)17-8-7-14(21)11-18(17)26/h7-8,11,15,26H,3-6,9-10,12H2,1-2H3/t15-/m0/s1. The number of hydrogen-bond acceptors (Lipinski definition) is 5. The van der Waals surface area contributed by atoms with Crippen molar-refractivity contribution in [1.29, 1.82) is 0 Å². The Bertz CT molecular complexity index is 826. The molecule has 2 aliphatic rings. The van der Waals surface area contributed by atoms with E-state index in [2.05, 4.69) is 27.0 Å². The molecule has 1 saturated heterocycles. The zero-order valence-corrected chi connectivity index (χ0v) is 15.4. The Morgan fingerprint density at radius 2 is 2.04 bits per heavy atom. The van der Waals surface area contributed by atoms with Gasteiger partial charge in [0.1, 0.15) is 11.6 Å². The van der Waals surface area contributed by atoms with Gasteiger partial charge in [-0.05, 0) is 63.9 Å². The second-order valence-electron chi connectivity index (χ2n) is 7.49. The molecule has 2 aromatic rings. The second-order valence-corrected chi connectivity index (χ2v) is 7.49. The van der Waals surface area contributed by atoms with Gasteiger partial charge in [-0.3, -0.25) is 0 Å². The van der Waals surface area contributed by atoms with Crippen LogP contribution in [0.2, 0.25) is 0 Å². The van der Waals surface area contributed by atoms with Crippen LogP contribution in [0.15, 0.2) is 18.2 Å². The van der Waals surface area contributed by atoms with Crippen LogP contribution in [0.3, 0.4) is 0 Å². The fraction of sp³-hybridized carbons (Fsp3) is 0.500. The molecule has 1 atom stereocenters. The van der Waals surface area contributed by atoms with E-state index in [4.69, 9.17) is 0 Å². The van der Waals surface area contributed by atoms with Crippen molar-refractivity contribution in [1.82, 2.24) is 15.1 Å². The SMILES string of the molecule is Cc1c(-c2ccc(F)cc2O)nnc2c1CCCN2[C@H]1CCCN(C)C1. The maximum atomic E-state index is 13.3. The number of fused-ring (bicyclic) bond motifs is 1. The highest BCUT2D eigenvalue weighted by Crippen LogP contribution is 2.37. The average molecular weight is 356 g/mol. The van der Waals surface area contributed by atoms with Gasteiger partial charge in [0.2, 0.25) is 0 Å². The lowest BCUT2D eigenvalue weighted by molar-refractivity contribution is 0.242. The molecular formula is C20H25FN4O. The van der Waals surface area contributed by atoms with E-state index in [9.17, 15) is 9.50 Å². The summed E-state index contributed by atoms with van der Waals surface area (Å²) < 4.78 is 13.3. The molecule has 2 aliphatic heterocycles. The number of aromatic nitrogens is 2. The van der Waals surface area contributed by atoms with E-state index in [1.807, 2.05) is 6.92 Å². The van der Waals surface area contributed by atoms with Crippen LogP contribution in [0, 0.1) is 12.7 Å². The van der Waals surface area contributed by atoms with E-state index in [0.29, 0.717) is 17.3 Å². The van der Waals surface area contributed by atoms with Crippen molar-refractivity contribution in [2.24, 2.45) is 0 Å². The van der Waals surface area contributed by atoms with Gasteiger partial charge in [-0.1, -0.05) is 0 Å². The third-order valence-corrected chi connectivity index (χ3v) is 5.68. The van der Waals surface area contributed by atoms with E-state index >= 15 is 0 Å². The zero-order valence-electron chi connectivity index (χ0n) is 15.4. The molecule has 0 bridgehead atoms. The summed E-state index contributed by atoms with van der Waals surface area (Å²) in [4.78, 5) is 4.80. The summed E-state index contributed by atoms with van der Waals surface area (Å²) in [6, 6.07) is 4.52. The molecule has 138 valence electrons. The van der Waals surface area contributed by atoms with E-state index in [1.54, 1.807) is 6.07 Å². The lowest BCUT2D eigenvalue weighted by Crippen LogP contribution is -2.49. The molecule has 6 heteroatoms. The molecule has 1 aromatic carbocycles. The van der Waals surface area contributed by atoms with Crippen molar-refractivity contribution >= 4 is 5.82 Å². The Morgan fingerprint density at radius 1 is 1.19 bits per heavy atom. The minimum atomic E-state index is -0.456. The summed E-state index contributed by atoms with van der Waals surface area (Å²) >= 11 is 0. The molecule has 26 heavy (non-hydrogen) atoms. The van der Waals surface area contributed by atoms with Crippen molar-refractivity contribution < 1.29 is 9.50 Å². The molecule has 0 unspecified atom stereocenters. The Labute approximate surface area is 153 Å². The Morgan fingerprint density at radius 3 is 2.81 bits per heavy atom. The number of likely N-dealkylation sites (tertiary alicyclic amines) is 1. The summed E-state index contributed by atoms with van der Waals surface area (Å²) in [6.07, 6.45) is 4.45. The molecule has 1 aromatic heterocycles. The van der Waals surface area contributed by atoms with Crippen LogP contribution in [0.25, 0.3) is 11.3 Å². The van der Waals surface area contributed by atoms with Crippen LogP contribution in [-0.2, 0) is 6.42 Å². The number of anilines is 1. The van der Waals surface area contributed by atoms with Gasteiger partial charge >= 0.3 is 0 Å². The van der Waals surface area contributed by atoms with Gasteiger partial charge in [0.05, 0.1) is 5.69 Å². The van der Waals surface area contributed by atoms with Crippen LogP contribution in [0.4, 0.5) is 10.2 Å². The number of nitrogens with zero attached hydrogens (tertiary/aromatic N) is 4. The molecule has 0 spiro atoms. The lowest BCUT2D eigenvalue weighted by atomic mass is 9.94. The fourth-order valence-electron chi connectivity index (χ4n) is 4.32. The number of phenolic OH excluding ortho intramolecular Hbond substituents is 1. The topological polar surface area (TPSA) is 52.5 Å². The number of phenols is 1. The zero-order chi connectivity index (χ0) is 18.3. The summed E-state index contributed by atoms with van der Waals surface area (Å²) in [5.74, 6) is 0.436. The number of aromatic hydroxyl groups is 1. The summed E-state index contributed by atoms with van der Waals surface area (Å²) in [7, 11) is 2.17. The number of hydrogen-bond donors (Lipinski definition) is 1. The summed E-state index contributed by atoms with van der Waals surface area (Å²) in [6.45, 7) is 5.26. The first-order chi connectivity index (χ1) is 12.5. The van der Waals surface area contributed by atoms with Gasteiger partial charge in [-0.25, -0.2) is 4.39 Å². The quantitative estimate of drug-likeness (QED) is 0.896. The van der Waals surface area contributed by atoms with Crippen molar-refractivity contribution in [3.8, 4) is 17.0 Å². The highest BCUT2D eigenvalue weighted by atomic mass is 19.1. The molecule has 0 aliphatic carbocycles. The van der Waals surface area contributed by atoms with E-state index in [0.717, 1.165) is 49.9 Å². The lowest BCUT2D eigenvalue weighted by Gasteiger charge is -2.41. The largest absolute Gasteiger partial charge is 0.507 e. The first-order valence-corrected chi connectivity index (χ1v) is 9.35. The minimum Gasteiger partial charge on any atom is -0.507 e. The van der Waals surface area contributed by atoms with Gasteiger partial charge in [-0.2, -0.15) is 0 Å². The molecule has 0 saturated carbocycles. The Hall–Kier alpha value is -2.21. The monoisotopic (exact) mass is 356 g/mol. The molecular weight excluding hydrogens is 331 g/mol. The number of piperidine rings is 1. The van der Waals surface area contributed by atoms with E-state index in [1.165, 1.54) is 24.5 Å². The minimum absolute atomic E-state index is 0.0936. The number of likely N-dealkylation sites (N-methyl/N-ethyl adjacent to an activating group) is 1. The molecule has 0 amide bonds. The van der Waals surface area contributed by atoms with Gasteiger partial charge in [-0.15, -0.1) is 10.2 Å². The predicted octanol–water partition coefficient (Wildman–Crippen LogP) is 3.14. The average Bonchev–Trinajstić information content (AvgIpc) is 2.62. The maximum absolute atomic E-state index is 13.3. The normalized spacial score (nSPS) is 20.9. The predicted molar refractivity (Wildman–Crippen MR) is 100 cm³/mol. The van der Waals surface area contributed by atoms with Crippen LogP contribution in [0.5, 0.6) is 5.75 Å². The van der Waals surface area contributed by atoms with Crippen LogP contribution >= 0.6 is 0 Å². The van der Waals surface area contributed by atoms with E-state index < -0.39 is 5.82 Å². The molecule has 1 N–H and O–H groups in total. The van der Waals surface area contributed by atoms with Crippen LogP contribution in [0.1, 0.15) is 30.4 Å². The van der Waals surface area contributed by atoms with Gasteiger partial charge in [0.25, 0.3) is 0 Å². The van der Waals surface area contributed by atoms with Crippen LogP contribution in [-0.4, -0.2) is 52.9 Å². The molecule has 5 nitrogen and oxygen atoms in total. The second kappa shape index (κ2) is 6.83.